The molecular formula is C15H18FNO2. The summed E-state index contributed by atoms with van der Waals surface area (Å²) in [4.78, 5) is 13.8. The van der Waals surface area contributed by atoms with Crippen LogP contribution in [0, 0.1) is 11.7 Å². The Labute approximate surface area is 112 Å². The average molecular weight is 263 g/mol. The SMILES string of the molecule is CC1CN(CC2Cc3cc(F)ccc3O2)CCC1=O. The molecule has 2 atom stereocenters. The Balaban J connectivity index is 1.60. The molecule has 0 aliphatic carbocycles. The highest BCUT2D eigenvalue weighted by Crippen LogP contribution is 2.30. The highest BCUT2D eigenvalue weighted by molar-refractivity contribution is 5.81. The van der Waals surface area contributed by atoms with Crippen LogP contribution in [0.1, 0.15) is 18.9 Å². The quantitative estimate of drug-likeness (QED) is 0.818. The highest BCUT2D eigenvalue weighted by Gasteiger charge is 2.29. The van der Waals surface area contributed by atoms with Crippen LogP contribution in [0.4, 0.5) is 4.39 Å². The van der Waals surface area contributed by atoms with Gasteiger partial charge in [0.05, 0.1) is 0 Å². The van der Waals surface area contributed by atoms with Gasteiger partial charge in [0.2, 0.25) is 0 Å². The lowest BCUT2D eigenvalue weighted by molar-refractivity contribution is -0.125. The second kappa shape index (κ2) is 4.93. The molecule has 0 saturated carbocycles. The summed E-state index contributed by atoms with van der Waals surface area (Å²) in [5, 5.41) is 0. The van der Waals surface area contributed by atoms with E-state index in [1.54, 1.807) is 12.1 Å². The highest BCUT2D eigenvalue weighted by atomic mass is 19.1. The van der Waals surface area contributed by atoms with Crippen LogP contribution in [0.3, 0.4) is 0 Å². The number of hydrogen-bond donors (Lipinski definition) is 0. The lowest BCUT2D eigenvalue weighted by Crippen LogP contribution is -2.44. The molecule has 1 saturated heterocycles. The molecule has 2 unspecified atom stereocenters. The monoisotopic (exact) mass is 263 g/mol. The molecule has 3 nitrogen and oxygen atoms in total. The fourth-order valence-corrected chi connectivity index (χ4v) is 2.94. The van der Waals surface area contributed by atoms with Crippen molar-refractivity contribution in [3.8, 4) is 5.75 Å². The standard InChI is InChI=1S/C15H18FNO2/c1-10-8-17(5-4-14(10)18)9-13-7-11-6-12(16)2-3-15(11)19-13/h2-3,6,10,13H,4-5,7-9H2,1H3. The summed E-state index contributed by atoms with van der Waals surface area (Å²) < 4.78 is 19.0. The maximum atomic E-state index is 13.1. The molecule has 4 heteroatoms. The normalized spacial score (nSPS) is 27.2. The third-order valence-corrected chi connectivity index (χ3v) is 3.98. The van der Waals surface area contributed by atoms with Crippen molar-refractivity contribution in [2.24, 2.45) is 5.92 Å². The van der Waals surface area contributed by atoms with Crippen molar-refractivity contribution >= 4 is 5.78 Å². The van der Waals surface area contributed by atoms with E-state index in [9.17, 15) is 9.18 Å². The number of nitrogens with zero attached hydrogens (tertiary/aromatic N) is 1. The smallest absolute Gasteiger partial charge is 0.138 e. The Morgan fingerprint density at radius 3 is 3.11 bits per heavy atom. The van der Waals surface area contributed by atoms with Crippen molar-refractivity contribution in [2.75, 3.05) is 19.6 Å². The number of rotatable bonds is 2. The van der Waals surface area contributed by atoms with Gasteiger partial charge < -0.3 is 4.74 Å². The summed E-state index contributed by atoms with van der Waals surface area (Å²) in [6.07, 6.45) is 1.47. The second-order valence-electron chi connectivity index (χ2n) is 5.57. The zero-order valence-corrected chi connectivity index (χ0v) is 11.1. The molecule has 0 N–H and O–H groups in total. The maximum absolute atomic E-state index is 13.1. The second-order valence-corrected chi connectivity index (χ2v) is 5.57. The van der Waals surface area contributed by atoms with Gasteiger partial charge in [-0.1, -0.05) is 6.92 Å². The van der Waals surface area contributed by atoms with Crippen LogP contribution >= 0.6 is 0 Å². The molecular weight excluding hydrogens is 245 g/mol. The number of piperidine rings is 1. The number of fused-ring (bicyclic) bond motifs is 1. The van der Waals surface area contributed by atoms with Crippen molar-refractivity contribution in [1.82, 2.24) is 4.90 Å². The van der Waals surface area contributed by atoms with E-state index >= 15 is 0 Å². The zero-order valence-electron chi connectivity index (χ0n) is 11.1. The van der Waals surface area contributed by atoms with Gasteiger partial charge in [0, 0.05) is 44.0 Å². The summed E-state index contributed by atoms with van der Waals surface area (Å²) in [6, 6.07) is 4.69. The average Bonchev–Trinajstić information content (AvgIpc) is 2.75. The summed E-state index contributed by atoms with van der Waals surface area (Å²) in [5.74, 6) is 1.07. The van der Waals surface area contributed by atoms with Crippen LogP contribution in [-0.2, 0) is 11.2 Å². The zero-order chi connectivity index (χ0) is 13.4. The Bertz CT molecular complexity index is 503. The van der Waals surface area contributed by atoms with Gasteiger partial charge >= 0.3 is 0 Å². The molecule has 1 fully saturated rings. The van der Waals surface area contributed by atoms with Crippen LogP contribution < -0.4 is 4.74 Å². The van der Waals surface area contributed by atoms with Gasteiger partial charge in [-0.3, -0.25) is 9.69 Å². The van der Waals surface area contributed by atoms with E-state index in [4.69, 9.17) is 4.74 Å². The molecule has 3 rings (SSSR count). The van der Waals surface area contributed by atoms with E-state index < -0.39 is 0 Å². The van der Waals surface area contributed by atoms with Gasteiger partial charge in [0.1, 0.15) is 23.5 Å². The molecule has 0 aromatic heterocycles. The first kappa shape index (κ1) is 12.6. The van der Waals surface area contributed by atoms with E-state index in [1.807, 2.05) is 6.92 Å². The lowest BCUT2D eigenvalue weighted by atomic mass is 9.98. The van der Waals surface area contributed by atoms with Gasteiger partial charge in [-0.2, -0.15) is 0 Å². The number of carbonyl (C=O) groups excluding carboxylic acids is 1. The summed E-state index contributed by atoms with van der Waals surface area (Å²) in [5.41, 5.74) is 0.950. The largest absolute Gasteiger partial charge is 0.488 e. The van der Waals surface area contributed by atoms with Crippen molar-refractivity contribution in [3.63, 3.8) is 0 Å². The number of halogens is 1. The number of benzene rings is 1. The number of hydrogen-bond acceptors (Lipinski definition) is 3. The first-order valence-electron chi connectivity index (χ1n) is 6.82. The molecule has 0 amide bonds. The first-order chi connectivity index (χ1) is 9.11. The number of ether oxygens (including phenoxy) is 1. The third-order valence-electron chi connectivity index (χ3n) is 3.98. The number of ketones is 1. The Kier molecular flexibility index (Phi) is 3.27. The molecule has 2 aliphatic heterocycles. The number of carbonyl (C=O) groups is 1. The van der Waals surface area contributed by atoms with Crippen LogP contribution in [0.2, 0.25) is 0 Å². The summed E-state index contributed by atoms with van der Waals surface area (Å²) >= 11 is 0. The van der Waals surface area contributed by atoms with E-state index in [1.165, 1.54) is 6.07 Å². The van der Waals surface area contributed by atoms with Gasteiger partial charge in [-0.25, -0.2) is 4.39 Å². The fraction of sp³-hybridized carbons (Fsp3) is 0.533. The van der Waals surface area contributed by atoms with E-state index in [2.05, 4.69) is 4.90 Å². The molecule has 0 bridgehead atoms. The molecule has 102 valence electrons. The minimum atomic E-state index is -0.208. The van der Waals surface area contributed by atoms with E-state index in [0.29, 0.717) is 12.2 Å². The molecule has 19 heavy (non-hydrogen) atoms. The van der Waals surface area contributed by atoms with Crippen molar-refractivity contribution in [3.05, 3.63) is 29.6 Å². The lowest BCUT2D eigenvalue weighted by Gasteiger charge is -2.31. The predicted octanol–water partition coefficient (Wildman–Crippen LogP) is 2.04. The maximum Gasteiger partial charge on any atom is 0.138 e. The van der Waals surface area contributed by atoms with Crippen molar-refractivity contribution < 1.29 is 13.9 Å². The molecule has 2 heterocycles. The minimum absolute atomic E-state index is 0.0807. The summed E-state index contributed by atoms with van der Waals surface area (Å²) in [7, 11) is 0. The molecule has 0 radical (unpaired) electrons. The summed E-state index contributed by atoms with van der Waals surface area (Å²) in [6.45, 7) is 4.42. The van der Waals surface area contributed by atoms with Crippen LogP contribution in [0.15, 0.2) is 18.2 Å². The van der Waals surface area contributed by atoms with Gasteiger partial charge in [-0.05, 0) is 18.2 Å². The molecule has 2 aliphatic rings. The number of likely N-dealkylation sites (tertiary alicyclic amines) is 1. The Hall–Kier alpha value is -1.42. The van der Waals surface area contributed by atoms with Crippen LogP contribution in [0.5, 0.6) is 5.75 Å². The Morgan fingerprint density at radius 2 is 2.32 bits per heavy atom. The topological polar surface area (TPSA) is 29.5 Å². The van der Waals surface area contributed by atoms with Crippen LogP contribution in [-0.4, -0.2) is 36.4 Å². The molecule has 0 spiro atoms. The molecule has 1 aromatic rings. The van der Waals surface area contributed by atoms with Gasteiger partial charge in [-0.15, -0.1) is 0 Å². The van der Waals surface area contributed by atoms with Crippen LogP contribution in [0.25, 0.3) is 0 Å². The third kappa shape index (κ3) is 2.63. The first-order valence-corrected chi connectivity index (χ1v) is 6.82. The Morgan fingerprint density at radius 1 is 1.47 bits per heavy atom. The van der Waals surface area contributed by atoms with Crippen molar-refractivity contribution in [2.45, 2.75) is 25.9 Å². The van der Waals surface area contributed by atoms with E-state index in [0.717, 1.165) is 37.4 Å². The predicted molar refractivity (Wildman–Crippen MR) is 69.7 cm³/mol. The fourth-order valence-electron chi connectivity index (χ4n) is 2.94. The van der Waals surface area contributed by atoms with E-state index in [-0.39, 0.29) is 17.8 Å². The number of Topliss-reactive ketones (excluding diaryl/α,β-unsaturated/α-hetero) is 1. The minimum Gasteiger partial charge on any atom is -0.488 e. The molecule has 1 aromatic carbocycles. The van der Waals surface area contributed by atoms with Gasteiger partial charge in [0.25, 0.3) is 0 Å². The van der Waals surface area contributed by atoms with Gasteiger partial charge in [0.15, 0.2) is 0 Å². The van der Waals surface area contributed by atoms with Crippen molar-refractivity contribution in [1.29, 1.82) is 0 Å².